The van der Waals surface area contributed by atoms with Crippen LogP contribution < -0.4 is 10.9 Å². The Balaban J connectivity index is 1.76. The molecule has 3 N–H and O–H groups in total. The number of ether oxygens (including phenoxy) is 1. The van der Waals surface area contributed by atoms with E-state index in [1.165, 1.54) is 17.7 Å². The van der Waals surface area contributed by atoms with Crippen molar-refractivity contribution >= 4 is 29.8 Å². The first-order valence-electron chi connectivity index (χ1n) is 10.2. The van der Waals surface area contributed by atoms with Crippen molar-refractivity contribution in [1.29, 1.82) is 16.1 Å². The van der Waals surface area contributed by atoms with Crippen LogP contribution in [0.1, 0.15) is 52.5 Å². The van der Waals surface area contributed by atoms with Gasteiger partial charge in [-0.1, -0.05) is 19.1 Å². The van der Waals surface area contributed by atoms with Crippen molar-refractivity contribution in [3.05, 3.63) is 68.6 Å². The minimum Gasteiger partial charge on any atom is -0.475 e. The van der Waals surface area contributed by atoms with E-state index >= 15 is 0 Å². The van der Waals surface area contributed by atoms with E-state index in [1.54, 1.807) is 24.3 Å². The summed E-state index contributed by atoms with van der Waals surface area (Å²) in [4.78, 5) is 25.5. The average Bonchev–Trinajstić information content (AvgIpc) is 3.57. The summed E-state index contributed by atoms with van der Waals surface area (Å²) in [7, 11) is 1.47. The maximum absolute atomic E-state index is 12.8. The number of carbonyl (C=O) groups excluding carboxylic acids is 1. The number of hydrogen-bond donors (Lipinski definition) is 3. The van der Waals surface area contributed by atoms with Crippen LogP contribution in [0.4, 0.5) is 0 Å². The Kier molecular flexibility index (Phi) is 7.15. The molecular weight excluding hydrogens is 426 g/mol. The van der Waals surface area contributed by atoms with Crippen LogP contribution in [0.2, 0.25) is 0 Å². The number of nitrogens with one attached hydrogen (secondary N) is 3. The molecule has 0 bridgehead atoms. The minimum absolute atomic E-state index is 0.0377. The second-order valence-electron chi connectivity index (χ2n) is 7.60. The monoisotopic (exact) mass is 451 g/mol. The number of thioether (sulfide) groups is 1. The topological polar surface area (TPSA) is 132 Å². The summed E-state index contributed by atoms with van der Waals surface area (Å²) in [5.41, 5.74) is 1.05. The lowest BCUT2D eigenvalue weighted by Gasteiger charge is -2.18. The summed E-state index contributed by atoms with van der Waals surface area (Å²) in [6.45, 7) is 2.65. The van der Waals surface area contributed by atoms with E-state index in [0.717, 1.165) is 30.4 Å². The predicted molar refractivity (Wildman–Crippen MR) is 125 cm³/mol. The standard InChI is InChI=1S/C23H25N5O3S/c1-3-32-23(8-9-23)14-31-20(26)19-17(12-25)10-18(22(30)28(19)2)21(29)27-13-16-6-4-15(11-24)5-7-16/h4-7,10,12,25-26H,3,8-9,13-14H2,1-2H3,(H,27,29). The fourth-order valence-electron chi connectivity index (χ4n) is 3.34. The van der Waals surface area contributed by atoms with Gasteiger partial charge >= 0.3 is 0 Å². The number of nitrogens with zero attached hydrogens (tertiary/aromatic N) is 2. The van der Waals surface area contributed by atoms with E-state index in [4.69, 9.17) is 20.8 Å². The molecule has 8 nitrogen and oxygen atoms in total. The fraction of sp³-hybridized carbons (Fsp3) is 0.348. The van der Waals surface area contributed by atoms with Gasteiger partial charge < -0.3 is 20.0 Å². The molecule has 0 saturated heterocycles. The third-order valence-corrected chi connectivity index (χ3v) is 6.76. The zero-order valence-electron chi connectivity index (χ0n) is 18.0. The van der Waals surface area contributed by atoms with Crippen LogP contribution in [0.15, 0.2) is 35.1 Å². The third kappa shape index (κ3) is 5.08. The Labute approximate surface area is 190 Å². The zero-order chi connectivity index (χ0) is 23.3. The van der Waals surface area contributed by atoms with Crippen molar-refractivity contribution < 1.29 is 9.53 Å². The summed E-state index contributed by atoms with van der Waals surface area (Å²) < 4.78 is 6.91. The molecule has 2 aromatic rings. The molecule has 32 heavy (non-hydrogen) atoms. The quantitative estimate of drug-likeness (QED) is 0.398. The summed E-state index contributed by atoms with van der Waals surface area (Å²) in [6, 6.07) is 10.1. The molecule has 1 saturated carbocycles. The first-order chi connectivity index (χ1) is 15.3. The van der Waals surface area contributed by atoms with Crippen LogP contribution in [0.25, 0.3) is 0 Å². The molecule has 1 fully saturated rings. The van der Waals surface area contributed by atoms with Crippen molar-refractivity contribution in [2.24, 2.45) is 7.05 Å². The van der Waals surface area contributed by atoms with Gasteiger partial charge in [-0.05, 0) is 42.4 Å². The molecule has 3 rings (SSSR count). The summed E-state index contributed by atoms with van der Waals surface area (Å²) in [6.07, 6.45) is 3.08. The molecule has 1 aliphatic rings. The second-order valence-corrected chi connectivity index (χ2v) is 9.33. The molecular formula is C23H25N5O3S. The molecule has 1 aromatic heterocycles. The summed E-state index contributed by atoms with van der Waals surface area (Å²) in [5, 5.41) is 27.6. The lowest BCUT2D eigenvalue weighted by molar-refractivity contribution is 0.0948. The van der Waals surface area contributed by atoms with Gasteiger partial charge in [-0.2, -0.15) is 17.0 Å². The number of aromatic nitrogens is 1. The van der Waals surface area contributed by atoms with E-state index < -0.39 is 11.5 Å². The fourth-order valence-corrected chi connectivity index (χ4v) is 4.49. The first-order valence-corrected chi connectivity index (χ1v) is 11.2. The van der Waals surface area contributed by atoms with Crippen molar-refractivity contribution in [1.82, 2.24) is 9.88 Å². The molecule has 1 heterocycles. The molecule has 0 spiro atoms. The van der Waals surface area contributed by atoms with Crippen LogP contribution in [0.5, 0.6) is 0 Å². The van der Waals surface area contributed by atoms with Gasteiger partial charge in [0.15, 0.2) is 0 Å². The number of benzene rings is 1. The van der Waals surface area contributed by atoms with Gasteiger partial charge in [0.1, 0.15) is 17.9 Å². The maximum atomic E-state index is 12.8. The normalized spacial score (nSPS) is 13.7. The van der Waals surface area contributed by atoms with Gasteiger partial charge in [0, 0.05) is 25.4 Å². The molecule has 9 heteroatoms. The number of nitriles is 1. The van der Waals surface area contributed by atoms with Gasteiger partial charge in [-0.25, -0.2) is 0 Å². The Bertz CT molecular complexity index is 1140. The summed E-state index contributed by atoms with van der Waals surface area (Å²) >= 11 is 1.81. The largest absolute Gasteiger partial charge is 0.475 e. The lowest BCUT2D eigenvalue weighted by atomic mass is 10.1. The van der Waals surface area contributed by atoms with Gasteiger partial charge in [-0.15, -0.1) is 0 Å². The van der Waals surface area contributed by atoms with Crippen molar-refractivity contribution in [2.45, 2.75) is 31.1 Å². The van der Waals surface area contributed by atoms with Crippen LogP contribution in [0.3, 0.4) is 0 Å². The number of hydrogen-bond acceptors (Lipinski definition) is 7. The molecule has 1 amide bonds. The van der Waals surface area contributed by atoms with E-state index in [0.29, 0.717) is 12.2 Å². The smallest absolute Gasteiger partial charge is 0.263 e. The van der Waals surface area contributed by atoms with Gasteiger partial charge in [0.2, 0.25) is 5.90 Å². The average molecular weight is 452 g/mol. The van der Waals surface area contributed by atoms with Crippen molar-refractivity contribution in [3.8, 4) is 6.07 Å². The Morgan fingerprint density at radius 3 is 2.62 bits per heavy atom. The number of carbonyl (C=O) groups is 1. The number of rotatable bonds is 9. The van der Waals surface area contributed by atoms with Crippen LogP contribution in [-0.2, 0) is 18.3 Å². The molecule has 1 aliphatic carbocycles. The van der Waals surface area contributed by atoms with Gasteiger partial charge in [-0.3, -0.25) is 15.0 Å². The van der Waals surface area contributed by atoms with Crippen LogP contribution >= 0.6 is 11.8 Å². The highest BCUT2D eigenvalue weighted by Crippen LogP contribution is 2.48. The minimum atomic E-state index is -0.576. The van der Waals surface area contributed by atoms with Gasteiger partial charge in [0.25, 0.3) is 11.5 Å². The molecule has 0 unspecified atom stereocenters. The Morgan fingerprint density at radius 2 is 2.06 bits per heavy atom. The highest BCUT2D eigenvalue weighted by molar-refractivity contribution is 8.00. The van der Waals surface area contributed by atoms with E-state index in [1.807, 2.05) is 17.8 Å². The highest BCUT2D eigenvalue weighted by Gasteiger charge is 2.44. The highest BCUT2D eigenvalue weighted by atomic mass is 32.2. The number of pyridine rings is 1. The van der Waals surface area contributed by atoms with Gasteiger partial charge in [0.05, 0.1) is 16.4 Å². The van der Waals surface area contributed by atoms with Crippen LogP contribution in [0, 0.1) is 22.1 Å². The van der Waals surface area contributed by atoms with E-state index in [9.17, 15) is 9.59 Å². The third-order valence-electron chi connectivity index (χ3n) is 5.33. The second kappa shape index (κ2) is 9.83. The molecule has 166 valence electrons. The maximum Gasteiger partial charge on any atom is 0.263 e. The Hall–Kier alpha value is -3.38. The zero-order valence-corrected chi connectivity index (χ0v) is 18.8. The van der Waals surface area contributed by atoms with Crippen molar-refractivity contribution in [3.63, 3.8) is 0 Å². The molecule has 0 radical (unpaired) electrons. The summed E-state index contributed by atoms with van der Waals surface area (Å²) in [5.74, 6) is 0.205. The van der Waals surface area contributed by atoms with E-state index in [-0.39, 0.29) is 34.0 Å². The predicted octanol–water partition coefficient (Wildman–Crippen LogP) is 2.81. The molecule has 0 atom stereocenters. The van der Waals surface area contributed by atoms with Crippen LogP contribution in [-0.4, -0.2) is 39.7 Å². The number of amides is 1. The van der Waals surface area contributed by atoms with E-state index in [2.05, 4.69) is 12.2 Å². The first kappa shape index (κ1) is 23.3. The lowest BCUT2D eigenvalue weighted by Crippen LogP contribution is -2.35. The Morgan fingerprint density at radius 1 is 1.38 bits per heavy atom. The molecule has 1 aromatic carbocycles. The molecule has 0 aliphatic heterocycles. The van der Waals surface area contributed by atoms with Crippen molar-refractivity contribution in [2.75, 3.05) is 12.4 Å². The SMILES string of the molecule is CCSC1(COC(=N)c2c(C=N)cc(C(=O)NCc3ccc(C#N)cc3)c(=O)n2C)CC1.